The third kappa shape index (κ3) is 3.70. The van der Waals surface area contributed by atoms with Crippen molar-refractivity contribution < 1.29 is 24.5 Å². The van der Waals surface area contributed by atoms with Crippen LogP contribution < -0.4 is 4.74 Å². The van der Waals surface area contributed by atoms with Crippen LogP contribution in [0.1, 0.15) is 38.8 Å². The smallest absolute Gasteiger partial charge is 0.200 e. The van der Waals surface area contributed by atoms with E-state index in [4.69, 9.17) is 4.74 Å². The maximum atomic E-state index is 13.0. The van der Waals surface area contributed by atoms with Crippen molar-refractivity contribution in [2.75, 3.05) is 7.11 Å². The summed E-state index contributed by atoms with van der Waals surface area (Å²) in [4.78, 5) is 25.7. The number of para-hydroxylation sites is 1. The highest BCUT2D eigenvalue weighted by Crippen LogP contribution is 2.39. The molecule has 152 valence electrons. The number of rotatable bonds is 7. The summed E-state index contributed by atoms with van der Waals surface area (Å²) >= 11 is 0. The maximum Gasteiger partial charge on any atom is 0.200 e. The van der Waals surface area contributed by atoms with Crippen LogP contribution in [-0.4, -0.2) is 28.9 Å². The zero-order valence-corrected chi connectivity index (χ0v) is 16.8. The molecule has 3 aromatic carbocycles. The Morgan fingerprint density at radius 1 is 0.967 bits per heavy atom. The van der Waals surface area contributed by atoms with Crippen LogP contribution in [-0.2, 0) is 6.42 Å². The van der Waals surface area contributed by atoms with E-state index in [0.29, 0.717) is 28.9 Å². The Morgan fingerprint density at radius 2 is 1.70 bits per heavy atom. The molecule has 0 aromatic heterocycles. The van der Waals surface area contributed by atoms with Crippen LogP contribution in [0.3, 0.4) is 0 Å². The molecule has 0 aliphatic heterocycles. The van der Waals surface area contributed by atoms with Crippen LogP contribution >= 0.6 is 0 Å². The summed E-state index contributed by atoms with van der Waals surface area (Å²) in [6.07, 6.45) is 1.88. The number of methoxy groups -OCH3 is 1. The predicted molar refractivity (Wildman–Crippen MR) is 116 cm³/mol. The Labute approximate surface area is 174 Å². The van der Waals surface area contributed by atoms with Crippen LogP contribution in [0.15, 0.2) is 67.3 Å². The molecule has 0 unspecified atom stereocenters. The lowest BCUT2D eigenvalue weighted by molar-refractivity contribution is 0.103. The Bertz CT molecular complexity index is 1140. The SMILES string of the molecule is C=CC(=O)c1c(CC)cccc1-c1cc(C(=O)c2ccccc2O)c(O)cc1OC. The van der Waals surface area contributed by atoms with Crippen LogP contribution in [0.5, 0.6) is 17.2 Å². The molecule has 5 nitrogen and oxygen atoms in total. The fourth-order valence-electron chi connectivity index (χ4n) is 3.45. The van der Waals surface area contributed by atoms with Crippen molar-refractivity contribution in [3.63, 3.8) is 0 Å². The zero-order valence-electron chi connectivity index (χ0n) is 16.8. The monoisotopic (exact) mass is 402 g/mol. The van der Waals surface area contributed by atoms with Gasteiger partial charge in [0.05, 0.1) is 18.2 Å². The van der Waals surface area contributed by atoms with Gasteiger partial charge in [0, 0.05) is 17.2 Å². The van der Waals surface area contributed by atoms with Gasteiger partial charge in [-0.3, -0.25) is 9.59 Å². The van der Waals surface area contributed by atoms with Crippen molar-refractivity contribution in [1.82, 2.24) is 0 Å². The second-order valence-electron chi connectivity index (χ2n) is 6.68. The second kappa shape index (κ2) is 8.66. The summed E-state index contributed by atoms with van der Waals surface area (Å²) in [6.45, 7) is 5.54. The molecule has 3 aromatic rings. The van der Waals surface area contributed by atoms with Crippen LogP contribution in [0.25, 0.3) is 11.1 Å². The fourth-order valence-corrected chi connectivity index (χ4v) is 3.45. The number of benzene rings is 3. The number of aryl methyl sites for hydroxylation is 1. The van der Waals surface area contributed by atoms with Gasteiger partial charge in [0.1, 0.15) is 17.2 Å². The van der Waals surface area contributed by atoms with E-state index in [2.05, 4.69) is 6.58 Å². The molecule has 5 heteroatoms. The molecule has 0 aliphatic rings. The summed E-state index contributed by atoms with van der Waals surface area (Å²) < 4.78 is 5.43. The Hall–Kier alpha value is -3.86. The van der Waals surface area contributed by atoms with Crippen molar-refractivity contribution in [1.29, 1.82) is 0 Å². The number of allylic oxidation sites excluding steroid dienone is 1. The fraction of sp³-hybridized carbons (Fsp3) is 0.120. The average Bonchev–Trinajstić information content (AvgIpc) is 2.77. The summed E-state index contributed by atoms with van der Waals surface area (Å²) in [7, 11) is 1.45. The lowest BCUT2D eigenvalue weighted by Gasteiger charge is -2.17. The van der Waals surface area contributed by atoms with Gasteiger partial charge in [0.2, 0.25) is 0 Å². The van der Waals surface area contributed by atoms with Gasteiger partial charge in [-0.05, 0) is 41.8 Å². The van der Waals surface area contributed by atoms with Gasteiger partial charge >= 0.3 is 0 Å². The third-order valence-corrected chi connectivity index (χ3v) is 4.96. The molecule has 0 atom stereocenters. The Balaban J connectivity index is 2.28. The van der Waals surface area contributed by atoms with Gasteiger partial charge in [0.25, 0.3) is 0 Å². The summed E-state index contributed by atoms with van der Waals surface area (Å²) in [6, 6.07) is 14.4. The minimum atomic E-state index is -0.544. The number of aromatic hydroxyl groups is 2. The molecule has 3 rings (SSSR count). The van der Waals surface area contributed by atoms with Crippen molar-refractivity contribution in [2.45, 2.75) is 13.3 Å². The van der Waals surface area contributed by atoms with Gasteiger partial charge in [0.15, 0.2) is 11.6 Å². The summed E-state index contributed by atoms with van der Waals surface area (Å²) in [5, 5.41) is 20.5. The van der Waals surface area contributed by atoms with E-state index >= 15 is 0 Å². The van der Waals surface area contributed by atoms with Crippen molar-refractivity contribution >= 4 is 11.6 Å². The van der Waals surface area contributed by atoms with Crippen LogP contribution in [0, 0.1) is 0 Å². The number of phenols is 2. The molecule has 0 amide bonds. The highest BCUT2D eigenvalue weighted by molar-refractivity contribution is 6.14. The van der Waals surface area contributed by atoms with Gasteiger partial charge in [-0.25, -0.2) is 0 Å². The van der Waals surface area contributed by atoms with Gasteiger partial charge in [-0.1, -0.05) is 43.8 Å². The second-order valence-corrected chi connectivity index (χ2v) is 6.68. The molecular formula is C25H22O5. The Morgan fingerprint density at radius 3 is 2.33 bits per heavy atom. The minimum Gasteiger partial charge on any atom is -0.507 e. The van der Waals surface area contributed by atoms with E-state index in [9.17, 15) is 19.8 Å². The summed E-state index contributed by atoms with van der Waals surface area (Å²) in [5.41, 5.74) is 2.41. The molecule has 0 heterocycles. The van der Waals surface area contributed by atoms with Gasteiger partial charge in [-0.15, -0.1) is 0 Å². The molecule has 0 spiro atoms. The molecule has 30 heavy (non-hydrogen) atoms. The number of carbonyl (C=O) groups is 2. The lowest BCUT2D eigenvalue weighted by Crippen LogP contribution is -2.06. The number of phenolic OH excluding ortho intramolecular Hbond substituents is 2. The molecular weight excluding hydrogens is 380 g/mol. The van der Waals surface area contributed by atoms with Gasteiger partial charge < -0.3 is 14.9 Å². The third-order valence-electron chi connectivity index (χ3n) is 4.96. The first-order valence-corrected chi connectivity index (χ1v) is 9.45. The molecule has 0 bridgehead atoms. The maximum absolute atomic E-state index is 13.0. The quantitative estimate of drug-likeness (QED) is 0.432. The average molecular weight is 402 g/mol. The molecule has 2 N–H and O–H groups in total. The van der Waals surface area contributed by atoms with Gasteiger partial charge in [-0.2, -0.15) is 0 Å². The number of ketones is 2. The molecule has 0 aliphatic carbocycles. The van der Waals surface area contributed by atoms with Crippen molar-refractivity contribution in [3.8, 4) is 28.4 Å². The Kier molecular flexibility index (Phi) is 6.02. The van der Waals surface area contributed by atoms with E-state index in [1.807, 2.05) is 19.1 Å². The normalized spacial score (nSPS) is 10.5. The van der Waals surface area contributed by atoms with E-state index < -0.39 is 5.78 Å². The van der Waals surface area contributed by atoms with Crippen LogP contribution in [0.4, 0.5) is 0 Å². The topological polar surface area (TPSA) is 83.8 Å². The van der Waals surface area contributed by atoms with E-state index in [0.717, 1.165) is 5.56 Å². The van der Waals surface area contributed by atoms with E-state index in [1.54, 1.807) is 18.2 Å². The molecule has 0 radical (unpaired) electrons. The highest BCUT2D eigenvalue weighted by atomic mass is 16.5. The minimum absolute atomic E-state index is 0.00814. The van der Waals surface area contributed by atoms with Crippen LogP contribution in [0.2, 0.25) is 0 Å². The molecule has 0 saturated carbocycles. The first-order chi connectivity index (χ1) is 14.4. The lowest BCUT2D eigenvalue weighted by atomic mass is 9.89. The number of ether oxygens (including phenoxy) is 1. The van der Waals surface area contributed by atoms with E-state index in [-0.39, 0.29) is 28.4 Å². The number of hydrogen-bond acceptors (Lipinski definition) is 5. The highest BCUT2D eigenvalue weighted by Gasteiger charge is 2.23. The number of hydrogen-bond donors (Lipinski definition) is 2. The number of carbonyl (C=O) groups excluding carboxylic acids is 2. The first kappa shape index (κ1) is 20.9. The first-order valence-electron chi connectivity index (χ1n) is 9.45. The largest absolute Gasteiger partial charge is 0.507 e. The van der Waals surface area contributed by atoms with E-state index in [1.165, 1.54) is 37.5 Å². The predicted octanol–water partition coefficient (Wildman–Crippen LogP) is 4.94. The molecule has 0 saturated heterocycles. The van der Waals surface area contributed by atoms with Crippen molar-refractivity contribution in [2.24, 2.45) is 0 Å². The summed E-state index contributed by atoms with van der Waals surface area (Å²) in [5.74, 6) is -0.946. The standard InChI is InChI=1S/C25H22O5/c1-4-15-9-8-11-16(24(15)20(26)5-2)18-13-19(22(28)14-23(18)30-3)25(29)17-10-6-7-12-21(17)27/h5-14,27-28H,2,4H2,1,3H3. The molecule has 0 fully saturated rings. The zero-order chi connectivity index (χ0) is 21.8. The van der Waals surface area contributed by atoms with Crippen molar-refractivity contribution in [3.05, 3.63) is 89.5 Å².